The van der Waals surface area contributed by atoms with Crippen LogP contribution in [0.25, 0.3) is 0 Å². The summed E-state index contributed by atoms with van der Waals surface area (Å²) in [6, 6.07) is 1.94. The van der Waals surface area contributed by atoms with Crippen molar-refractivity contribution in [3.63, 3.8) is 0 Å². The molecule has 0 fully saturated rings. The van der Waals surface area contributed by atoms with Crippen molar-refractivity contribution in [2.45, 2.75) is 20.0 Å². The first kappa shape index (κ1) is 12.9. The van der Waals surface area contributed by atoms with E-state index in [1.54, 1.807) is 23.9 Å². The third-order valence-corrected chi connectivity index (χ3v) is 4.05. The van der Waals surface area contributed by atoms with Gasteiger partial charge in [0.15, 0.2) is 0 Å². The van der Waals surface area contributed by atoms with Gasteiger partial charge in [-0.15, -0.1) is 0 Å². The molecule has 0 bridgehead atoms. The largest absolute Gasteiger partial charge is 0.472 e. The molecule has 0 aliphatic rings. The summed E-state index contributed by atoms with van der Waals surface area (Å²) in [6.45, 7) is 3.50. The fraction of sp³-hybridized carbons (Fsp3) is 0.308. The Morgan fingerprint density at radius 3 is 3.00 bits per heavy atom. The first-order valence-corrected chi connectivity index (χ1v) is 7.18. The van der Waals surface area contributed by atoms with Crippen molar-refractivity contribution < 1.29 is 4.42 Å². The summed E-state index contributed by atoms with van der Waals surface area (Å²) in [6.07, 6.45) is 3.40. The minimum Gasteiger partial charge on any atom is -0.472 e. The van der Waals surface area contributed by atoms with Crippen molar-refractivity contribution in [2.75, 3.05) is 11.9 Å². The highest BCUT2D eigenvalue weighted by molar-refractivity contribution is 7.08. The normalized spacial score (nSPS) is 10.9. The van der Waals surface area contributed by atoms with Gasteiger partial charge in [-0.2, -0.15) is 11.3 Å². The van der Waals surface area contributed by atoms with Crippen LogP contribution in [0.5, 0.6) is 0 Å². The Morgan fingerprint density at radius 1 is 1.40 bits per heavy atom. The number of thiophene rings is 1. The van der Waals surface area contributed by atoms with Crippen LogP contribution in [0.3, 0.4) is 0 Å². The molecule has 0 atom stereocenters. The van der Waals surface area contributed by atoms with Crippen molar-refractivity contribution in [3.8, 4) is 0 Å². The SMILES string of the molecule is Cc1cscc1Cn1nnnc1N(C)Cc1ccoc1. The second-order valence-electron chi connectivity index (χ2n) is 4.70. The molecule has 0 aliphatic heterocycles. The highest BCUT2D eigenvalue weighted by Gasteiger charge is 2.13. The monoisotopic (exact) mass is 289 g/mol. The van der Waals surface area contributed by atoms with Crippen LogP contribution < -0.4 is 4.90 Å². The Morgan fingerprint density at radius 2 is 2.30 bits per heavy atom. The van der Waals surface area contributed by atoms with E-state index in [2.05, 4.69) is 33.2 Å². The molecule has 0 saturated carbocycles. The van der Waals surface area contributed by atoms with Crippen LogP contribution in [0.4, 0.5) is 5.95 Å². The molecular weight excluding hydrogens is 274 g/mol. The number of hydrogen-bond acceptors (Lipinski definition) is 6. The van der Waals surface area contributed by atoms with Crippen LogP contribution in [0.2, 0.25) is 0 Å². The lowest BCUT2D eigenvalue weighted by Crippen LogP contribution is -2.21. The highest BCUT2D eigenvalue weighted by Crippen LogP contribution is 2.18. The van der Waals surface area contributed by atoms with E-state index in [0.717, 1.165) is 11.5 Å². The van der Waals surface area contributed by atoms with Crippen LogP contribution in [0.15, 0.2) is 33.8 Å². The van der Waals surface area contributed by atoms with Crippen molar-refractivity contribution >= 4 is 17.3 Å². The van der Waals surface area contributed by atoms with Gasteiger partial charge in [0, 0.05) is 19.2 Å². The van der Waals surface area contributed by atoms with E-state index in [-0.39, 0.29) is 0 Å². The average Bonchev–Trinajstić information content (AvgIpc) is 3.13. The number of rotatable bonds is 5. The van der Waals surface area contributed by atoms with Crippen molar-refractivity contribution in [3.05, 3.63) is 46.0 Å². The maximum atomic E-state index is 5.08. The Hall–Kier alpha value is -2.15. The summed E-state index contributed by atoms with van der Waals surface area (Å²) < 4.78 is 6.89. The van der Waals surface area contributed by atoms with Crippen LogP contribution >= 0.6 is 11.3 Å². The topological polar surface area (TPSA) is 60.0 Å². The van der Waals surface area contributed by atoms with Gasteiger partial charge >= 0.3 is 0 Å². The lowest BCUT2D eigenvalue weighted by molar-refractivity contribution is 0.563. The van der Waals surface area contributed by atoms with Gasteiger partial charge < -0.3 is 9.32 Å². The first-order valence-electron chi connectivity index (χ1n) is 6.24. The number of nitrogens with zero attached hydrogens (tertiary/aromatic N) is 5. The van der Waals surface area contributed by atoms with Crippen LogP contribution in [0.1, 0.15) is 16.7 Å². The van der Waals surface area contributed by atoms with Gasteiger partial charge in [-0.05, 0) is 45.3 Å². The number of aromatic nitrogens is 4. The molecule has 20 heavy (non-hydrogen) atoms. The van der Waals surface area contributed by atoms with Gasteiger partial charge in [-0.3, -0.25) is 0 Å². The van der Waals surface area contributed by atoms with E-state index in [1.807, 2.05) is 22.7 Å². The smallest absolute Gasteiger partial charge is 0.245 e. The van der Waals surface area contributed by atoms with Gasteiger partial charge in [0.1, 0.15) is 0 Å². The van der Waals surface area contributed by atoms with E-state index in [1.165, 1.54) is 11.1 Å². The quantitative estimate of drug-likeness (QED) is 0.721. The zero-order valence-electron chi connectivity index (χ0n) is 11.4. The maximum absolute atomic E-state index is 5.08. The van der Waals surface area contributed by atoms with Crippen molar-refractivity contribution in [1.29, 1.82) is 0 Å². The summed E-state index contributed by atoms with van der Waals surface area (Å²) in [5.41, 5.74) is 3.61. The highest BCUT2D eigenvalue weighted by atomic mass is 32.1. The minimum atomic E-state index is 0.688. The summed E-state index contributed by atoms with van der Waals surface area (Å²) in [7, 11) is 1.97. The zero-order chi connectivity index (χ0) is 13.9. The molecule has 0 radical (unpaired) electrons. The van der Waals surface area contributed by atoms with Crippen molar-refractivity contribution in [2.24, 2.45) is 0 Å². The van der Waals surface area contributed by atoms with E-state index in [9.17, 15) is 0 Å². The Bertz CT molecular complexity index is 673. The van der Waals surface area contributed by atoms with Gasteiger partial charge in [-0.25, -0.2) is 4.68 Å². The first-order chi connectivity index (χ1) is 9.74. The molecule has 0 saturated heterocycles. The molecule has 104 valence electrons. The molecule has 0 unspecified atom stereocenters. The Balaban J connectivity index is 1.77. The van der Waals surface area contributed by atoms with E-state index in [0.29, 0.717) is 13.1 Å². The molecule has 3 aromatic heterocycles. The maximum Gasteiger partial charge on any atom is 0.245 e. The minimum absolute atomic E-state index is 0.688. The van der Waals surface area contributed by atoms with E-state index < -0.39 is 0 Å². The second-order valence-corrected chi connectivity index (χ2v) is 5.45. The third-order valence-electron chi connectivity index (χ3n) is 3.14. The Labute approximate surface area is 120 Å². The molecule has 6 nitrogen and oxygen atoms in total. The zero-order valence-corrected chi connectivity index (χ0v) is 12.2. The summed E-state index contributed by atoms with van der Waals surface area (Å²) in [5.74, 6) is 0.747. The van der Waals surface area contributed by atoms with Gasteiger partial charge in [0.2, 0.25) is 5.95 Å². The van der Waals surface area contributed by atoms with Gasteiger partial charge in [0.25, 0.3) is 0 Å². The van der Waals surface area contributed by atoms with Gasteiger partial charge in [-0.1, -0.05) is 5.10 Å². The molecular formula is C13H15N5OS. The fourth-order valence-corrected chi connectivity index (χ4v) is 2.86. The summed E-state index contributed by atoms with van der Waals surface area (Å²) in [4.78, 5) is 2.01. The summed E-state index contributed by atoms with van der Waals surface area (Å²) in [5, 5.41) is 16.2. The molecule has 3 heterocycles. The molecule has 3 rings (SSSR count). The molecule has 7 heteroatoms. The lowest BCUT2D eigenvalue weighted by Gasteiger charge is -2.16. The van der Waals surface area contributed by atoms with Crippen LogP contribution in [-0.2, 0) is 13.1 Å². The lowest BCUT2D eigenvalue weighted by atomic mass is 10.2. The molecule has 3 aromatic rings. The number of furan rings is 1. The predicted octanol–water partition coefficient (Wildman–Crippen LogP) is 2.32. The average molecular weight is 289 g/mol. The van der Waals surface area contributed by atoms with Crippen LogP contribution in [0, 0.1) is 6.92 Å². The van der Waals surface area contributed by atoms with Gasteiger partial charge in [0.05, 0.1) is 19.1 Å². The number of aryl methyl sites for hydroxylation is 1. The molecule has 0 N–H and O–H groups in total. The molecule has 0 amide bonds. The Kier molecular flexibility index (Phi) is 3.51. The number of tetrazole rings is 1. The fourth-order valence-electron chi connectivity index (χ4n) is 2.01. The van der Waals surface area contributed by atoms with Crippen molar-refractivity contribution in [1.82, 2.24) is 20.2 Å². The molecule has 0 aliphatic carbocycles. The summed E-state index contributed by atoms with van der Waals surface area (Å²) >= 11 is 1.70. The predicted molar refractivity (Wildman–Crippen MR) is 76.8 cm³/mol. The number of hydrogen-bond donors (Lipinski definition) is 0. The van der Waals surface area contributed by atoms with Crippen LogP contribution in [-0.4, -0.2) is 27.3 Å². The third kappa shape index (κ3) is 2.57. The second kappa shape index (κ2) is 5.46. The standard InChI is InChI=1S/C13H15N5OS/c1-10-8-20-9-12(10)6-18-13(14-15-16-18)17(2)5-11-3-4-19-7-11/h3-4,7-9H,5-6H2,1-2H3. The van der Waals surface area contributed by atoms with E-state index >= 15 is 0 Å². The molecule has 0 aromatic carbocycles. The number of anilines is 1. The van der Waals surface area contributed by atoms with E-state index in [4.69, 9.17) is 4.42 Å². The molecule has 0 spiro atoms.